The maximum absolute atomic E-state index is 13.1. The van der Waals surface area contributed by atoms with E-state index in [1.807, 2.05) is 29.3 Å². The Bertz CT molecular complexity index is 579. The summed E-state index contributed by atoms with van der Waals surface area (Å²) in [6, 6.07) is 7.92. The van der Waals surface area contributed by atoms with Crippen LogP contribution in [-0.2, 0) is 19.3 Å². The van der Waals surface area contributed by atoms with Crippen molar-refractivity contribution in [1.82, 2.24) is 4.90 Å². The number of anilines is 1. The highest BCUT2D eigenvalue weighted by molar-refractivity contribution is 7.09. The van der Waals surface area contributed by atoms with Crippen LogP contribution in [0.3, 0.4) is 0 Å². The Morgan fingerprint density at radius 1 is 1.19 bits per heavy atom. The summed E-state index contributed by atoms with van der Waals surface area (Å²) in [4.78, 5) is 3.12. The van der Waals surface area contributed by atoms with Gasteiger partial charge >= 0.3 is 6.18 Å². The number of benzene rings is 1. The molecule has 2 nitrogen and oxygen atoms in total. The van der Waals surface area contributed by atoms with Gasteiger partial charge in [0.05, 0.1) is 5.56 Å². The van der Waals surface area contributed by atoms with Crippen molar-refractivity contribution in [2.45, 2.75) is 26.2 Å². The van der Waals surface area contributed by atoms with Gasteiger partial charge in [0.1, 0.15) is 0 Å². The van der Waals surface area contributed by atoms with Gasteiger partial charge in [-0.2, -0.15) is 13.2 Å². The van der Waals surface area contributed by atoms with Crippen molar-refractivity contribution in [3.63, 3.8) is 0 Å². The number of halogens is 3. The Labute approximate surface area is 126 Å². The molecule has 0 spiro atoms. The summed E-state index contributed by atoms with van der Waals surface area (Å²) in [6.45, 7) is 3.52. The molecule has 0 saturated heterocycles. The Hall–Kier alpha value is -1.53. The second-order valence-corrected chi connectivity index (χ2v) is 5.83. The van der Waals surface area contributed by atoms with Gasteiger partial charge in [-0.15, -0.1) is 11.3 Å². The monoisotopic (exact) mass is 314 g/mol. The van der Waals surface area contributed by atoms with Crippen LogP contribution in [0, 0.1) is 0 Å². The van der Waals surface area contributed by atoms with E-state index in [-0.39, 0.29) is 17.8 Å². The third kappa shape index (κ3) is 4.22. The molecule has 0 aliphatic heterocycles. The van der Waals surface area contributed by atoms with Crippen molar-refractivity contribution in [3.8, 4) is 0 Å². The predicted molar refractivity (Wildman–Crippen MR) is 80.0 cm³/mol. The molecule has 1 heterocycles. The van der Waals surface area contributed by atoms with Crippen LogP contribution in [0.4, 0.5) is 18.9 Å². The maximum Gasteiger partial charge on any atom is 0.416 e. The van der Waals surface area contributed by atoms with E-state index in [0.29, 0.717) is 13.1 Å². The average Bonchev–Trinajstić information content (AvgIpc) is 2.91. The zero-order valence-corrected chi connectivity index (χ0v) is 12.5. The number of rotatable bonds is 5. The summed E-state index contributed by atoms with van der Waals surface area (Å²) in [5, 5.41) is 1.97. The minimum atomic E-state index is -4.38. The number of nitrogens with zero attached hydrogens (tertiary/aromatic N) is 1. The minimum absolute atomic E-state index is 0.132. The zero-order chi connectivity index (χ0) is 15.5. The molecule has 2 aromatic rings. The molecular weight excluding hydrogens is 297 g/mol. The fourth-order valence-electron chi connectivity index (χ4n) is 2.14. The van der Waals surface area contributed by atoms with Gasteiger partial charge in [0, 0.05) is 23.7 Å². The third-order valence-corrected chi connectivity index (χ3v) is 4.10. The summed E-state index contributed by atoms with van der Waals surface area (Å²) < 4.78 is 39.3. The molecule has 0 fully saturated rings. The van der Waals surface area contributed by atoms with Crippen molar-refractivity contribution in [3.05, 3.63) is 51.7 Å². The van der Waals surface area contributed by atoms with Crippen LogP contribution in [0.15, 0.2) is 35.7 Å². The Morgan fingerprint density at radius 2 is 1.95 bits per heavy atom. The lowest BCUT2D eigenvalue weighted by Crippen LogP contribution is -2.24. The number of nitrogen functional groups attached to an aromatic ring is 1. The summed E-state index contributed by atoms with van der Waals surface area (Å²) in [5.74, 6) is 0. The second kappa shape index (κ2) is 6.49. The smallest absolute Gasteiger partial charge is 0.399 e. The van der Waals surface area contributed by atoms with E-state index in [2.05, 4.69) is 0 Å². The summed E-state index contributed by atoms with van der Waals surface area (Å²) in [7, 11) is 0. The largest absolute Gasteiger partial charge is 0.416 e. The molecule has 0 radical (unpaired) electrons. The minimum Gasteiger partial charge on any atom is -0.399 e. The maximum atomic E-state index is 13.1. The molecule has 1 aromatic carbocycles. The van der Waals surface area contributed by atoms with Gasteiger partial charge in [0.25, 0.3) is 0 Å². The molecule has 6 heteroatoms. The molecular formula is C15H17F3N2S. The zero-order valence-electron chi connectivity index (χ0n) is 11.7. The first-order valence-electron chi connectivity index (χ1n) is 6.60. The topological polar surface area (TPSA) is 29.3 Å². The first kappa shape index (κ1) is 15.9. The van der Waals surface area contributed by atoms with Crippen LogP contribution in [0.1, 0.15) is 22.9 Å². The molecule has 0 bridgehead atoms. The summed E-state index contributed by atoms with van der Waals surface area (Å²) in [6.07, 6.45) is -4.38. The number of alkyl halides is 3. The first-order valence-corrected chi connectivity index (χ1v) is 7.48. The molecule has 0 unspecified atom stereocenters. The molecule has 0 saturated carbocycles. The van der Waals surface area contributed by atoms with E-state index in [9.17, 15) is 13.2 Å². The molecule has 21 heavy (non-hydrogen) atoms. The highest BCUT2D eigenvalue weighted by Crippen LogP contribution is 2.34. The molecule has 1 aromatic heterocycles. The van der Waals surface area contributed by atoms with Crippen molar-refractivity contribution in [1.29, 1.82) is 0 Å². The highest BCUT2D eigenvalue weighted by Gasteiger charge is 2.33. The van der Waals surface area contributed by atoms with E-state index < -0.39 is 11.7 Å². The summed E-state index contributed by atoms with van der Waals surface area (Å²) >= 11 is 1.61. The van der Waals surface area contributed by atoms with Crippen LogP contribution >= 0.6 is 11.3 Å². The Kier molecular flexibility index (Phi) is 4.90. The van der Waals surface area contributed by atoms with E-state index >= 15 is 0 Å². The van der Waals surface area contributed by atoms with Crippen molar-refractivity contribution in [2.75, 3.05) is 12.3 Å². The van der Waals surface area contributed by atoms with Gasteiger partial charge < -0.3 is 5.73 Å². The van der Waals surface area contributed by atoms with Crippen molar-refractivity contribution >= 4 is 17.0 Å². The van der Waals surface area contributed by atoms with Gasteiger partial charge in [-0.25, -0.2) is 0 Å². The lowest BCUT2D eigenvalue weighted by Gasteiger charge is -2.22. The first-order chi connectivity index (χ1) is 9.90. The van der Waals surface area contributed by atoms with Crippen LogP contribution < -0.4 is 5.73 Å². The molecule has 0 amide bonds. The van der Waals surface area contributed by atoms with Crippen LogP contribution in [0.2, 0.25) is 0 Å². The average molecular weight is 314 g/mol. The van der Waals surface area contributed by atoms with Crippen LogP contribution in [0.5, 0.6) is 0 Å². The Morgan fingerprint density at radius 3 is 2.52 bits per heavy atom. The summed E-state index contributed by atoms with van der Waals surface area (Å²) in [5.41, 5.74) is 5.23. The van der Waals surface area contributed by atoms with Crippen LogP contribution in [-0.4, -0.2) is 11.4 Å². The Balaban J connectivity index is 2.21. The van der Waals surface area contributed by atoms with Crippen molar-refractivity contribution in [2.24, 2.45) is 0 Å². The molecule has 114 valence electrons. The number of nitrogens with two attached hydrogens (primary N) is 1. The van der Waals surface area contributed by atoms with E-state index in [1.54, 1.807) is 11.3 Å². The standard InChI is InChI=1S/C15H17F3N2S/c1-2-20(10-13-4-3-7-21-13)9-11-5-6-12(19)8-14(11)15(16,17)18/h3-8H,2,9-10,19H2,1H3. The van der Waals surface area contributed by atoms with E-state index in [1.165, 1.54) is 12.1 Å². The van der Waals surface area contributed by atoms with Crippen molar-refractivity contribution < 1.29 is 13.2 Å². The lowest BCUT2D eigenvalue weighted by molar-refractivity contribution is -0.138. The van der Waals surface area contributed by atoms with Gasteiger partial charge in [-0.1, -0.05) is 19.1 Å². The molecule has 0 aliphatic rings. The van der Waals surface area contributed by atoms with E-state index in [0.717, 1.165) is 10.9 Å². The molecule has 2 rings (SSSR count). The molecule has 0 aliphatic carbocycles. The molecule has 0 atom stereocenters. The second-order valence-electron chi connectivity index (χ2n) is 4.80. The number of hydrogen-bond donors (Lipinski definition) is 1. The predicted octanol–water partition coefficient (Wildman–Crippen LogP) is 4.37. The lowest BCUT2D eigenvalue weighted by atomic mass is 10.1. The highest BCUT2D eigenvalue weighted by atomic mass is 32.1. The third-order valence-electron chi connectivity index (χ3n) is 3.24. The van der Waals surface area contributed by atoms with Gasteiger partial charge in [-0.05, 0) is 35.7 Å². The number of thiophene rings is 1. The molecule has 2 N–H and O–H groups in total. The van der Waals surface area contributed by atoms with Gasteiger partial charge in [-0.3, -0.25) is 4.90 Å². The normalized spacial score (nSPS) is 12.0. The quantitative estimate of drug-likeness (QED) is 0.830. The van der Waals surface area contributed by atoms with Gasteiger partial charge in [0.2, 0.25) is 0 Å². The SMILES string of the molecule is CCN(Cc1cccs1)Cc1ccc(N)cc1C(F)(F)F. The number of hydrogen-bond acceptors (Lipinski definition) is 3. The fraction of sp³-hybridized carbons (Fsp3) is 0.333. The van der Waals surface area contributed by atoms with Gasteiger partial charge in [0.15, 0.2) is 0 Å². The fourth-order valence-corrected chi connectivity index (χ4v) is 2.89. The van der Waals surface area contributed by atoms with Crippen LogP contribution in [0.25, 0.3) is 0 Å². The van der Waals surface area contributed by atoms with E-state index in [4.69, 9.17) is 5.73 Å².